The average Bonchev–Trinajstić information content (AvgIpc) is 3.25. The van der Waals surface area contributed by atoms with E-state index in [1.54, 1.807) is 48.5 Å². The Kier molecular flexibility index (Phi) is 6.42. The molecule has 0 spiro atoms. The topological polar surface area (TPSA) is 93.5 Å². The first-order chi connectivity index (χ1) is 15.9. The highest BCUT2D eigenvalue weighted by Gasteiger charge is 2.24. The first-order valence-electron chi connectivity index (χ1n) is 10.1. The van der Waals surface area contributed by atoms with Gasteiger partial charge in [0.2, 0.25) is 5.91 Å². The number of carbonyl (C=O) groups is 2. The van der Waals surface area contributed by atoms with Crippen LogP contribution in [0.1, 0.15) is 29.1 Å². The van der Waals surface area contributed by atoms with E-state index in [1.165, 1.54) is 17.7 Å². The quantitative estimate of drug-likeness (QED) is 0.385. The summed E-state index contributed by atoms with van der Waals surface area (Å²) < 4.78 is 7.10. The Labute approximate surface area is 195 Å². The van der Waals surface area contributed by atoms with Crippen molar-refractivity contribution in [1.29, 1.82) is 0 Å². The van der Waals surface area contributed by atoms with Gasteiger partial charge in [-0.1, -0.05) is 41.9 Å². The minimum atomic E-state index is -1.16. The van der Waals surface area contributed by atoms with Gasteiger partial charge in [-0.25, -0.2) is 9.48 Å². The minimum absolute atomic E-state index is 0.0664. The molecule has 0 fully saturated rings. The Bertz CT molecular complexity index is 1270. The Balaban J connectivity index is 1.68. The third-order valence-electron chi connectivity index (χ3n) is 4.85. The van der Waals surface area contributed by atoms with E-state index in [-0.39, 0.29) is 11.6 Å². The molecule has 7 nitrogen and oxygen atoms in total. The summed E-state index contributed by atoms with van der Waals surface area (Å²) in [5.74, 6) is -0.142. The van der Waals surface area contributed by atoms with E-state index < -0.39 is 12.1 Å². The van der Waals surface area contributed by atoms with Gasteiger partial charge in [-0.2, -0.15) is 5.10 Å². The number of aromatic nitrogens is 2. The van der Waals surface area contributed by atoms with Crippen molar-refractivity contribution >= 4 is 23.5 Å². The van der Waals surface area contributed by atoms with Gasteiger partial charge in [-0.15, -0.1) is 0 Å². The Morgan fingerprint density at radius 1 is 0.970 bits per heavy atom. The molecule has 2 N–H and O–H groups in total. The lowest BCUT2D eigenvalue weighted by atomic mass is 10.1. The molecule has 0 aliphatic rings. The molecule has 0 aliphatic carbocycles. The molecule has 3 aromatic carbocycles. The molecule has 33 heavy (non-hydrogen) atoms. The van der Waals surface area contributed by atoms with Gasteiger partial charge < -0.3 is 15.2 Å². The van der Waals surface area contributed by atoms with E-state index in [1.807, 2.05) is 30.3 Å². The SMILES string of the molecule is CC(=O)NC(c1ccc(Cl)cc1)n1nc(-c2ccc(Oc3ccccc3)cc2)cc1C(=O)O. The maximum absolute atomic E-state index is 12.0. The number of aromatic carboxylic acids is 1. The van der Waals surface area contributed by atoms with Gasteiger partial charge in [0.15, 0.2) is 0 Å². The summed E-state index contributed by atoms with van der Waals surface area (Å²) in [5.41, 5.74) is 1.72. The number of rotatable bonds is 7. The number of amides is 1. The summed E-state index contributed by atoms with van der Waals surface area (Å²) in [5, 5.41) is 17.6. The van der Waals surface area contributed by atoms with Gasteiger partial charge in [0.05, 0.1) is 5.69 Å². The molecule has 0 radical (unpaired) electrons. The molecule has 0 saturated carbocycles. The first kappa shape index (κ1) is 22.1. The number of hydrogen-bond acceptors (Lipinski definition) is 4. The standard InChI is InChI=1S/C25H20ClN3O4/c1-16(30)27-24(18-7-11-19(26)12-8-18)29-23(25(31)32)15-22(28-29)17-9-13-21(14-10-17)33-20-5-3-2-4-6-20/h2-15,24H,1H3,(H,27,30)(H,31,32). The van der Waals surface area contributed by atoms with Crippen molar-refractivity contribution in [2.75, 3.05) is 0 Å². The zero-order chi connectivity index (χ0) is 23.4. The fraction of sp³-hybridized carbons (Fsp3) is 0.0800. The third-order valence-corrected chi connectivity index (χ3v) is 5.11. The summed E-state index contributed by atoms with van der Waals surface area (Å²) in [6.07, 6.45) is -0.819. The second-order valence-corrected chi connectivity index (χ2v) is 7.70. The van der Waals surface area contributed by atoms with E-state index in [9.17, 15) is 14.7 Å². The van der Waals surface area contributed by atoms with Crippen LogP contribution in [-0.2, 0) is 4.79 Å². The molecule has 1 heterocycles. The van der Waals surface area contributed by atoms with Gasteiger partial charge in [-0.05, 0) is 60.2 Å². The predicted octanol–water partition coefficient (Wildman–Crippen LogP) is 5.38. The normalized spacial score (nSPS) is 11.6. The lowest BCUT2D eigenvalue weighted by Crippen LogP contribution is -2.33. The zero-order valence-electron chi connectivity index (χ0n) is 17.6. The van der Waals surface area contributed by atoms with Crippen molar-refractivity contribution in [3.63, 3.8) is 0 Å². The van der Waals surface area contributed by atoms with Crippen LogP contribution in [-0.4, -0.2) is 26.8 Å². The van der Waals surface area contributed by atoms with Crippen LogP contribution < -0.4 is 10.1 Å². The second kappa shape index (κ2) is 9.58. The predicted molar refractivity (Wildman–Crippen MR) is 125 cm³/mol. The van der Waals surface area contributed by atoms with E-state index in [0.29, 0.717) is 33.3 Å². The molecule has 0 bridgehead atoms. The number of carboxylic acids is 1. The number of halogens is 1. The van der Waals surface area contributed by atoms with Gasteiger partial charge in [0.1, 0.15) is 23.4 Å². The molecule has 1 atom stereocenters. The number of para-hydroxylation sites is 1. The molecule has 4 rings (SSSR count). The molecule has 1 amide bonds. The monoisotopic (exact) mass is 461 g/mol. The number of nitrogens with one attached hydrogen (secondary N) is 1. The van der Waals surface area contributed by atoms with Crippen molar-refractivity contribution < 1.29 is 19.4 Å². The molecule has 0 aliphatic heterocycles. The van der Waals surface area contributed by atoms with Crippen LogP contribution in [0.4, 0.5) is 0 Å². The maximum atomic E-state index is 12.0. The number of carboxylic acid groups (broad SMARTS) is 1. The van der Waals surface area contributed by atoms with Crippen molar-refractivity contribution in [1.82, 2.24) is 15.1 Å². The van der Waals surface area contributed by atoms with E-state index in [0.717, 1.165) is 0 Å². The van der Waals surface area contributed by atoms with Crippen LogP contribution in [0.25, 0.3) is 11.3 Å². The van der Waals surface area contributed by atoms with Gasteiger partial charge in [0.25, 0.3) is 0 Å². The fourth-order valence-electron chi connectivity index (χ4n) is 3.33. The molecular weight excluding hydrogens is 442 g/mol. The van der Waals surface area contributed by atoms with E-state index >= 15 is 0 Å². The maximum Gasteiger partial charge on any atom is 0.354 e. The molecule has 1 aromatic heterocycles. The fourth-order valence-corrected chi connectivity index (χ4v) is 3.46. The van der Waals surface area contributed by atoms with Gasteiger partial charge in [-0.3, -0.25) is 4.79 Å². The summed E-state index contributed by atoms with van der Waals surface area (Å²) in [7, 11) is 0. The first-order valence-corrected chi connectivity index (χ1v) is 10.5. The van der Waals surface area contributed by atoms with Crippen LogP contribution in [0.3, 0.4) is 0 Å². The Morgan fingerprint density at radius 2 is 1.61 bits per heavy atom. The number of benzene rings is 3. The van der Waals surface area contributed by atoms with Crippen molar-refractivity contribution in [2.45, 2.75) is 13.1 Å². The van der Waals surface area contributed by atoms with Crippen LogP contribution in [0.2, 0.25) is 5.02 Å². The summed E-state index contributed by atoms with van der Waals surface area (Å²) in [6.45, 7) is 1.36. The number of carbonyl (C=O) groups excluding carboxylic acids is 1. The van der Waals surface area contributed by atoms with Crippen molar-refractivity contribution in [3.8, 4) is 22.8 Å². The van der Waals surface area contributed by atoms with Gasteiger partial charge in [0, 0.05) is 17.5 Å². The Hall–Kier alpha value is -4.10. The highest BCUT2D eigenvalue weighted by Crippen LogP contribution is 2.28. The van der Waals surface area contributed by atoms with Crippen molar-refractivity contribution in [3.05, 3.63) is 101 Å². The van der Waals surface area contributed by atoms with Crippen LogP contribution >= 0.6 is 11.6 Å². The molecule has 1 unspecified atom stereocenters. The lowest BCUT2D eigenvalue weighted by Gasteiger charge is -2.20. The largest absolute Gasteiger partial charge is 0.477 e. The molecule has 0 saturated heterocycles. The smallest absolute Gasteiger partial charge is 0.354 e. The number of ether oxygens (including phenoxy) is 1. The highest BCUT2D eigenvalue weighted by atomic mass is 35.5. The summed E-state index contributed by atoms with van der Waals surface area (Å²) >= 11 is 5.98. The van der Waals surface area contributed by atoms with Crippen molar-refractivity contribution in [2.24, 2.45) is 0 Å². The van der Waals surface area contributed by atoms with Crippen LogP contribution in [0, 0.1) is 0 Å². The molecule has 4 aromatic rings. The highest BCUT2D eigenvalue weighted by molar-refractivity contribution is 6.30. The molecular formula is C25H20ClN3O4. The third kappa shape index (κ3) is 5.22. The summed E-state index contributed by atoms with van der Waals surface area (Å²) in [6, 6.07) is 24.8. The Morgan fingerprint density at radius 3 is 2.21 bits per heavy atom. The number of hydrogen-bond donors (Lipinski definition) is 2. The summed E-state index contributed by atoms with van der Waals surface area (Å²) in [4.78, 5) is 23.9. The minimum Gasteiger partial charge on any atom is -0.477 e. The zero-order valence-corrected chi connectivity index (χ0v) is 18.4. The van der Waals surface area contributed by atoms with E-state index in [2.05, 4.69) is 10.4 Å². The average molecular weight is 462 g/mol. The van der Waals surface area contributed by atoms with Gasteiger partial charge >= 0.3 is 5.97 Å². The lowest BCUT2D eigenvalue weighted by molar-refractivity contribution is -0.120. The van der Waals surface area contributed by atoms with Crippen LogP contribution in [0.5, 0.6) is 11.5 Å². The molecule has 166 valence electrons. The van der Waals surface area contributed by atoms with Crippen LogP contribution in [0.15, 0.2) is 84.9 Å². The van der Waals surface area contributed by atoms with E-state index in [4.69, 9.17) is 16.3 Å². The molecule has 8 heteroatoms. The number of nitrogens with zero attached hydrogens (tertiary/aromatic N) is 2. The second-order valence-electron chi connectivity index (χ2n) is 7.26.